The minimum absolute atomic E-state index is 0.992. The van der Waals surface area contributed by atoms with E-state index in [4.69, 9.17) is 0 Å². The summed E-state index contributed by atoms with van der Waals surface area (Å²) in [6, 6.07) is 4.05. The van der Waals surface area contributed by atoms with Crippen molar-refractivity contribution in [2.75, 3.05) is 10.2 Å². The van der Waals surface area contributed by atoms with Crippen LogP contribution in [0.3, 0.4) is 0 Å². The van der Waals surface area contributed by atoms with Crippen molar-refractivity contribution in [3.63, 3.8) is 0 Å². The maximum atomic E-state index is 4.20. The zero-order valence-electron chi connectivity index (χ0n) is 6.00. The highest BCUT2D eigenvalue weighted by Crippen LogP contribution is 2.11. The molecule has 0 saturated carbocycles. The lowest BCUT2D eigenvalue weighted by Gasteiger charge is -2.06. The van der Waals surface area contributed by atoms with Gasteiger partial charge in [-0.25, -0.2) is 4.98 Å². The first-order valence-corrected chi connectivity index (χ1v) is 3.99. The number of nitrogens with zero attached hydrogens (tertiary/aromatic N) is 2. The van der Waals surface area contributed by atoms with Crippen LogP contribution in [0.1, 0.15) is 5.56 Å². The average molecular weight is 248 g/mol. The average Bonchev–Trinajstić information content (AvgIpc) is 1.88. The van der Waals surface area contributed by atoms with Gasteiger partial charge in [-0.1, -0.05) is 6.07 Å². The van der Waals surface area contributed by atoms with Crippen molar-refractivity contribution in [3.05, 3.63) is 23.9 Å². The van der Waals surface area contributed by atoms with Gasteiger partial charge in [0.25, 0.3) is 0 Å². The van der Waals surface area contributed by atoms with Gasteiger partial charge in [0.05, 0.1) is 22.9 Å². The summed E-state index contributed by atoms with van der Waals surface area (Å²) in [5.74, 6) is 0.992. The Morgan fingerprint density at radius 1 is 1.50 bits per heavy atom. The highest BCUT2D eigenvalue weighted by Gasteiger charge is 1.94. The summed E-state index contributed by atoms with van der Waals surface area (Å²) in [5, 5.41) is 0. The Bertz CT molecular complexity index is 205. The van der Waals surface area contributed by atoms with Crippen LogP contribution >= 0.6 is 22.9 Å². The molecule has 1 aromatic heterocycles. The van der Waals surface area contributed by atoms with Gasteiger partial charge < -0.3 is 3.11 Å². The van der Waals surface area contributed by atoms with E-state index in [1.807, 2.05) is 29.3 Å². The Kier molecular flexibility index (Phi) is 2.48. The molecule has 0 radical (unpaired) electrons. The van der Waals surface area contributed by atoms with Crippen LogP contribution in [0.25, 0.3) is 0 Å². The van der Waals surface area contributed by atoms with Crippen molar-refractivity contribution in [3.8, 4) is 0 Å². The Hall–Kier alpha value is -0.320. The second-order valence-electron chi connectivity index (χ2n) is 2.17. The zero-order chi connectivity index (χ0) is 7.56. The predicted octanol–water partition coefficient (Wildman–Crippen LogP) is 2.18. The number of rotatable bonds is 1. The molecule has 0 amide bonds. The van der Waals surface area contributed by atoms with Crippen molar-refractivity contribution in [2.24, 2.45) is 0 Å². The molecule has 0 atom stereocenters. The lowest BCUT2D eigenvalue weighted by molar-refractivity contribution is 1.21. The van der Waals surface area contributed by atoms with Crippen molar-refractivity contribution < 1.29 is 0 Å². The van der Waals surface area contributed by atoms with E-state index in [9.17, 15) is 0 Å². The lowest BCUT2D eigenvalue weighted by atomic mass is 10.3. The molecule has 0 spiro atoms. The maximum Gasteiger partial charge on any atom is 0.136 e. The van der Waals surface area contributed by atoms with Gasteiger partial charge in [-0.3, -0.25) is 0 Å². The van der Waals surface area contributed by atoms with Crippen molar-refractivity contribution >= 4 is 28.7 Å². The predicted molar refractivity (Wildman–Crippen MR) is 51.4 cm³/mol. The van der Waals surface area contributed by atoms with Crippen molar-refractivity contribution in [1.29, 1.82) is 0 Å². The number of anilines is 1. The zero-order valence-corrected chi connectivity index (χ0v) is 8.16. The molecule has 0 N–H and O–H groups in total. The molecule has 0 aliphatic carbocycles. The SMILES string of the molecule is Cc1ccc(N(C)I)nc1. The largest absolute Gasteiger partial charge is 0.302 e. The van der Waals surface area contributed by atoms with Gasteiger partial charge in [-0.2, -0.15) is 0 Å². The summed E-state index contributed by atoms with van der Waals surface area (Å²) in [4.78, 5) is 4.20. The van der Waals surface area contributed by atoms with Crippen molar-refractivity contribution in [1.82, 2.24) is 4.98 Å². The number of aryl methyl sites for hydroxylation is 1. The highest BCUT2D eigenvalue weighted by atomic mass is 127. The minimum atomic E-state index is 0.992. The fourth-order valence-corrected chi connectivity index (χ4v) is 0.928. The monoisotopic (exact) mass is 248 g/mol. The van der Waals surface area contributed by atoms with E-state index >= 15 is 0 Å². The molecule has 0 aliphatic rings. The number of halogens is 1. The second-order valence-corrected chi connectivity index (χ2v) is 3.62. The molecule has 0 bridgehead atoms. The fraction of sp³-hybridized carbons (Fsp3) is 0.286. The molecule has 0 fully saturated rings. The summed E-state index contributed by atoms with van der Waals surface area (Å²) in [6.07, 6.45) is 1.87. The van der Waals surface area contributed by atoms with Crippen LogP contribution in [0, 0.1) is 6.92 Å². The third-order valence-electron chi connectivity index (χ3n) is 1.21. The van der Waals surface area contributed by atoms with Gasteiger partial charge in [0, 0.05) is 13.2 Å². The first-order valence-electron chi connectivity index (χ1n) is 3.02. The summed E-state index contributed by atoms with van der Waals surface area (Å²) >= 11 is 2.19. The van der Waals surface area contributed by atoms with E-state index in [1.54, 1.807) is 0 Å². The maximum absolute atomic E-state index is 4.20. The van der Waals surface area contributed by atoms with Crippen LogP contribution in [0.2, 0.25) is 0 Å². The molecule has 2 nitrogen and oxygen atoms in total. The van der Waals surface area contributed by atoms with Crippen LogP contribution in [0.4, 0.5) is 5.82 Å². The molecule has 1 rings (SSSR count). The van der Waals surface area contributed by atoms with E-state index in [2.05, 4.69) is 33.9 Å². The quantitative estimate of drug-likeness (QED) is 0.559. The van der Waals surface area contributed by atoms with Gasteiger partial charge in [-0.05, 0) is 18.6 Å². The number of hydrogen-bond acceptors (Lipinski definition) is 2. The normalized spacial score (nSPS) is 9.50. The van der Waals surface area contributed by atoms with Gasteiger partial charge in [0.1, 0.15) is 5.82 Å². The van der Waals surface area contributed by atoms with Crippen LogP contribution in [-0.2, 0) is 0 Å². The molecule has 0 saturated heterocycles. The van der Waals surface area contributed by atoms with E-state index < -0.39 is 0 Å². The molecular formula is C7H9IN2. The third kappa shape index (κ3) is 1.83. The summed E-state index contributed by atoms with van der Waals surface area (Å²) < 4.78 is 1.96. The van der Waals surface area contributed by atoms with Crippen LogP contribution < -0.4 is 3.11 Å². The molecular weight excluding hydrogens is 239 g/mol. The van der Waals surface area contributed by atoms with Crippen LogP contribution in [0.15, 0.2) is 18.3 Å². The van der Waals surface area contributed by atoms with E-state index in [0.29, 0.717) is 0 Å². The number of aromatic nitrogens is 1. The van der Waals surface area contributed by atoms with Crippen LogP contribution in [-0.4, -0.2) is 12.0 Å². The number of pyridine rings is 1. The lowest BCUT2D eigenvalue weighted by Crippen LogP contribution is -2.01. The highest BCUT2D eigenvalue weighted by molar-refractivity contribution is 14.1. The van der Waals surface area contributed by atoms with E-state index in [0.717, 1.165) is 5.82 Å². The molecule has 0 aromatic carbocycles. The first-order chi connectivity index (χ1) is 4.70. The number of hydrogen-bond donors (Lipinski definition) is 0. The standard InChI is InChI=1S/C7H9IN2/c1-6-3-4-7(9-5-6)10(2)8/h3-5H,1-2H3. The van der Waals surface area contributed by atoms with Gasteiger partial charge in [0.15, 0.2) is 0 Å². The van der Waals surface area contributed by atoms with Gasteiger partial charge >= 0.3 is 0 Å². The fourth-order valence-electron chi connectivity index (χ4n) is 0.642. The Morgan fingerprint density at radius 2 is 2.20 bits per heavy atom. The molecule has 0 unspecified atom stereocenters. The van der Waals surface area contributed by atoms with Gasteiger partial charge in [0.2, 0.25) is 0 Å². The molecule has 0 aliphatic heterocycles. The Morgan fingerprint density at radius 3 is 2.60 bits per heavy atom. The summed E-state index contributed by atoms with van der Waals surface area (Å²) in [6.45, 7) is 2.03. The van der Waals surface area contributed by atoms with E-state index in [-0.39, 0.29) is 0 Å². The van der Waals surface area contributed by atoms with Crippen molar-refractivity contribution in [2.45, 2.75) is 6.92 Å². The first kappa shape index (κ1) is 7.78. The Labute approximate surface area is 74.8 Å². The van der Waals surface area contributed by atoms with Gasteiger partial charge in [-0.15, -0.1) is 0 Å². The Balaban J connectivity index is 2.89. The summed E-state index contributed by atoms with van der Waals surface area (Å²) in [7, 11) is 1.97. The molecule has 10 heavy (non-hydrogen) atoms. The van der Waals surface area contributed by atoms with Crippen LogP contribution in [0.5, 0.6) is 0 Å². The van der Waals surface area contributed by atoms with E-state index in [1.165, 1.54) is 5.56 Å². The molecule has 1 heterocycles. The molecule has 3 heteroatoms. The topological polar surface area (TPSA) is 16.1 Å². The molecule has 1 aromatic rings. The minimum Gasteiger partial charge on any atom is -0.302 e. The summed E-state index contributed by atoms with van der Waals surface area (Å²) in [5.41, 5.74) is 1.20. The smallest absolute Gasteiger partial charge is 0.136 e. The third-order valence-corrected chi connectivity index (χ3v) is 1.71. The molecule has 54 valence electrons. The second kappa shape index (κ2) is 3.18.